The number of nitrogens with zero attached hydrogens (tertiary/aromatic N) is 2. The molecule has 0 aliphatic carbocycles. The fraction of sp³-hybridized carbons (Fsp3) is 0.294. The average Bonchev–Trinajstić information content (AvgIpc) is 2.53. The molecule has 0 saturated carbocycles. The standard InChI is InChI=1S/C17H18N2O4/c1-11-9-19(2)10-14(18-11)15(20)8-12-6-4-5-7-13(12)16(21)17(22)23-3/h4-7,9H,8,10H2,1-3H3. The molecule has 120 valence electrons. The molecule has 1 aromatic carbocycles. The van der Waals surface area contributed by atoms with Gasteiger partial charge in [-0.1, -0.05) is 24.3 Å². The second kappa shape index (κ2) is 7.00. The lowest BCUT2D eigenvalue weighted by atomic mass is 9.97. The molecule has 23 heavy (non-hydrogen) atoms. The molecular formula is C17H18N2O4. The molecule has 1 aromatic rings. The van der Waals surface area contributed by atoms with E-state index < -0.39 is 11.8 Å². The van der Waals surface area contributed by atoms with E-state index in [0.29, 0.717) is 17.8 Å². The molecule has 1 heterocycles. The van der Waals surface area contributed by atoms with E-state index in [1.165, 1.54) is 6.07 Å². The van der Waals surface area contributed by atoms with Crippen LogP contribution in [0.3, 0.4) is 0 Å². The van der Waals surface area contributed by atoms with E-state index in [0.717, 1.165) is 12.8 Å². The number of benzene rings is 1. The summed E-state index contributed by atoms with van der Waals surface area (Å²) >= 11 is 0. The van der Waals surface area contributed by atoms with Crippen LogP contribution in [-0.2, 0) is 20.7 Å². The number of ketones is 2. The van der Waals surface area contributed by atoms with Crippen molar-refractivity contribution < 1.29 is 19.1 Å². The van der Waals surface area contributed by atoms with Gasteiger partial charge in [0.1, 0.15) is 5.71 Å². The lowest BCUT2D eigenvalue weighted by molar-refractivity contribution is -0.135. The highest BCUT2D eigenvalue weighted by Crippen LogP contribution is 2.14. The zero-order chi connectivity index (χ0) is 17.0. The van der Waals surface area contributed by atoms with Gasteiger partial charge in [-0.2, -0.15) is 0 Å². The predicted octanol–water partition coefficient (Wildman–Crippen LogP) is 1.40. The van der Waals surface area contributed by atoms with Gasteiger partial charge in [-0.15, -0.1) is 0 Å². The van der Waals surface area contributed by atoms with E-state index in [9.17, 15) is 14.4 Å². The van der Waals surface area contributed by atoms with Crippen molar-refractivity contribution in [3.8, 4) is 0 Å². The van der Waals surface area contributed by atoms with Crippen LogP contribution in [0.2, 0.25) is 0 Å². The third-order valence-corrected chi connectivity index (χ3v) is 3.42. The second-order valence-corrected chi connectivity index (χ2v) is 5.32. The van der Waals surface area contributed by atoms with Gasteiger partial charge in [0.05, 0.1) is 19.4 Å². The molecule has 0 radical (unpaired) electrons. The smallest absolute Gasteiger partial charge is 0.379 e. The third-order valence-electron chi connectivity index (χ3n) is 3.42. The number of carbonyl (C=O) groups excluding carboxylic acids is 3. The summed E-state index contributed by atoms with van der Waals surface area (Å²) in [5.74, 6) is -1.87. The van der Waals surface area contributed by atoms with Gasteiger partial charge in [-0.3, -0.25) is 14.6 Å². The summed E-state index contributed by atoms with van der Waals surface area (Å²) in [4.78, 5) is 42.1. The number of esters is 1. The molecule has 0 N–H and O–H groups in total. The Hall–Kier alpha value is -2.76. The zero-order valence-electron chi connectivity index (χ0n) is 13.3. The Morgan fingerprint density at radius 3 is 2.61 bits per heavy atom. The SMILES string of the molecule is COC(=O)C(=O)c1ccccc1CC(=O)C1=NC(C)=CN(C)C1. The molecule has 0 fully saturated rings. The summed E-state index contributed by atoms with van der Waals surface area (Å²) in [5, 5.41) is 0. The summed E-state index contributed by atoms with van der Waals surface area (Å²) in [5.41, 5.74) is 1.86. The molecule has 6 nitrogen and oxygen atoms in total. The number of Topliss-reactive ketones (excluding diaryl/α,β-unsaturated/α-hetero) is 2. The van der Waals surface area contributed by atoms with Crippen LogP contribution in [0.25, 0.3) is 0 Å². The Labute approximate surface area is 134 Å². The molecule has 0 bridgehead atoms. The largest absolute Gasteiger partial charge is 0.463 e. The first kappa shape index (κ1) is 16.6. The van der Waals surface area contributed by atoms with Crippen LogP contribution in [0.15, 0.2) is 41.2 Å². The zero-order valence-corrected chi connectivity index (χ0v) is 13.3. The first-order valence-corrected chi connectivity index (χ1v) is 7.12. The Balaban J connectivity index is 2.24. The Morgan fingerprint density at radius 2 is 1.96 bits per heavy atom. The molecule has 0 unspecified atom stereocenters. The molecule has 1 aliphatic heterocycles. The van der Waals surface area contributed by atoms with Crippen molar-refractivity contribution in [3.63, 3.8) is 0 Å². The maximum Gasteiger partial charge on any atom is 0.379 e. The minimum Gasteiger partial charge on any atom is -0.463 e. The minimum absolute atomic E-state index is 0.0128. The monoisotopic (exact) mass is 314 g/mol. The number of carbonyl (C=O) groups is 3. The van der Waals surface area contributed by atoms with Crippen LogP contribution in [0, 0.1) is 0 Å². The molecule has 2 rings (SSSR count). The Bertz CT molecular complexity index is 719. The molecule has 0 spiro atoms. The number of rotatable bonds is 5. The summed E-state index contributed by atoms with van der Waals surface area (Å²) in [6, 6.07) is 6.53. The molecule has 0 atom stereocenters. The maximum absolute atomic E-state index is 12.5. The third kappa shape index (κ3) is 3.91. The fourth-order valence-electron chi connectivity index (χ4n) is 2.40. The quantitative estimate of drug-likeness (QED) is 0.466. The van der Waals surface area contributed by atoms with Gasteiger partial charge in [0.15, 0.2) is 5.78 Å². The Kier molecular flexibility index (Phi) is 5.05. The minimum atomic E-state index is -0.946. The first-order chi connectivity index (χ1) is 10.9. The summed E-state index contributed by atoms with van der Waals surface area (Å²) in [6.07, 6.45) is 1.87. The number of hydrogen-bond acceptors (Lipinski definition) is 6. The van der Waals surface area contributed by atoms with Crippen molar-refractivity contribution in [2.75, 3.05) is 20.7 Å². The molecule has 0 amide bonds. The van der Waals surface area contributed by atoms with E-state index in [4.69, 9.17) is 0 Å². The molecule has 6 heteroatoms. The van der Waals surface area contributed by atoms with Crippen molar-refractivity contribution in [3.05, 3.63) is 47.3 Å². The fourth-order valence-corrected chi connectivity index (χ4v) is 2.40. The van der Waals surface area contributed by atoms with Crippen molar-refractivity contribution in [1.29, 1.82) is 0 Å². The van der Waals surface area contributed by atoms with Gasteiger partial charge < -0.3 is 9.64 Å². The number of allylic oxidation sites excluding steroid dienone is 1. The van der Waals surface area contributed by atoms with E-state index in [1.807, 2.05) is 25.1 Å². The molecule has 0 saturated heterocycles. The molecular weight excluding hydrogens is 296 g/mol. The lowest BCUT2D eigenvalue weighted by Crippen LogP contribution is -2.32. The first-order valence-electron chi connectivity index (χ1n) is 7.12. The van der Waals surface area contributed by atoms with Crippen LogP contribution in [0.1, 0.15) is 22.8 Å². The van der Waals surface area contributed by atoms with Crippen LogP contribution in [-0.4, -0.2) is 48.8 Å². The predicted molar refractivity (Wildman–Crippen MR) is 85.3 cm³/mol. The van der Waals surface area contributed by atoms with Gasteiger partial charge in [-0.25, -0.2) is 4.79 Å². The van der Waals surface area contributed by atoms with E-state index in [1.54, 1.807) is 18.2 Å². The van der Waals surface area contributed by atoms with Crippen LogP contribution >= 0.6 is 0 Å². The highest BCUT2D eigenvalue weighted by atomic mass is 16.5. The highest BCUT2D eigenvalue weighted by molar-refractivity contribution is 6.43. The number of ether oxygens (including phenoxy) is 1. The second-order valence-electron chi connectivity index (χ2n) is 5.32. The van der Waals surface area contributed by atoms with Gasteiger partial charge in [0.2, 0.25) is 0 Å². The van der Waals surface area contributed by atoms with E-state index in [-0.39, 0.29) is 17.8 Å². The summed E-state index contributed by atoms with van der Waals surface area (Å²) in [7, 11) is 3.01. The van der Waals surface area contributed by atoms with E-state index >= 15 is 0 Å². The van der Waals surface area contributed by atoms with Crippen molar-refractivity contribution in [2.45, 2.75) is 13.3 Å². The van der Waals surface area contributed by atoms with Gasteiger partial charge in [0.25, 0.3) is 5.78 Å². The van der Waals surface area contributed by atoms with Crippen molar-refractivity contribution >= 4 is 23.2 Å². The van der Waals surface area contributed by atoms with E-state index in [2.05, 4.69) is 9.73 Å². The average molecular weight is 314 g/mol. The number of hydrogen-bond donors (Lipinski definition) is 0. The highest BCUT2D eigenvalue weighted by Gasteiger charge is 2.23. The summed E-state index contributed by atoms with van der Waals surface area (Å²) in [6.45, 7) is 2.24. The summed E-state index contributed by atoms with van der Waals surface area (Å²) < 4.78 is 4.46. The van der Waals surface area contributed by atoms with Crippen LogP contribution < -0.4 is 0 Å². The molecule has 0 aromatic heterocycles. The van der Waals surface area contributed by atoms with Crippen LogP contribution in [0.5, 0.6) is 0 Å². The topological polar surface area (TPSA) is 76.0 Å². The van der Waals surface area contributed by atoms with Gasteiger partial charge in [-0.05, 0) is 12.5 Å². The number of methoxy groups -OCH3 is 1. The molecule has 1 aliphatic rings. The normalized spacial score (nSPS) is 14.0. The lowest BCUT2D eigenvalue weighted by Gasteiger charge is -2.20. The van der Waals surface area contributed by atoms with Gasteiger partial charge >= 0.3 is 5.97 Å². The maximum atomic E-state index is 12.5. The Morgan fingerprint density at radius 1 is 1.26 bits per heavy atom. The number of aliphatic imine (C=N–C) groups is 1. The van der Waals surface area contributed by atoms with Crippen molar-refractivity contribution in [1.82, 2.24) is 4.90 Å². The van der Waals surface area contributed by atoms with Crippen LogP contribution in [0.4, 0.5) is 0 Å². The van der Waals surface area contributed by atoms with Gasteiger partial charge in [0, 0.05) is 25.2 Å². The van der Waals surface area contributed by atoms with Crippen molar-refractivity contribution in [2.24, 2.45) is 4.99 Å².